The highest BCUT2D eigenvalue weighted by atomic mass is 16.5. The molecule has 1 aromatic heterocycles. The topological polar surface area (TPSA) is 63.2 Å². The van der Waals surface area contributed by atoms with E-state index in [1.165, 1.54) is 11.1 Å². The van der Waals surface area contributed by atoms with Gasteiger partial charge >= 0.3 is 0 Å². The van der Waals surface area contributed by atoms with Gasteiger partial charge in [0.25, 0.3) is 5.91 Å². The Bertz CT molecular complexity index is 923. The molecule has 0 radical (unpaired) electrons. The molecule has 0 aliphatic heterocycles. The number of nitrogens with one attached hydrogen (secondary N) is 2. The predicted octanol–water partition coefficient (Wildman–Crippen LogP) is 3.98. The molecule has 0 unspecified atom stereocenters. The van der Waals surface area contributed by atoms with Gasteiger partial charge in [-0.05, 0) is 54.3 Å². The van der Waals surface area contributed by atoms with Crippen molar-refractivity contribution in [1.29, 1.82) is 0 Å². The first-order chi connectivity index (χ1) is 13.7. The molecule has 144 valence electrons. The fraction of sp³-hybridized carbons (Fsp3) is 0.217. The van der Waals surface area contributed by atoms with Crippen molar-refractivity contribution in [2.75, 3.05) is 19.0 Å². The van der Waals surface area contributed by atoms with Gasteiger partial charge in [-0.1, -0.05) is 36.4 Å². The van der Waals surface area contributed by atoms with E-state index >= 15 is 0 Å². The average molecular weight is 375 g/mol. The Morgan fingerprint density at radius 2 is 1.86 bits per heavy atom. The van der Waals surface area contributed by atoms with Gasteiger partial charge in [-0.15, -0.1) is 0 Å². The molecule has 0 spiro atoms. The minimum Gasteiger partial charge on any atom is -0.497 e. The number of ether oxygens (including phenoxy) is 1. The third-order valence-corrected chi connectivity index (χ3v) is 4.60. The highest BCUT2D eigenvalue weighted by molar-refractivity contribution is 5.94. The second-order valence-corrected chi connectivity index (χ2v) is 6.56. The van der Waals surface area contributed by atoms with E-state index in [9.17, 15) is 4.79 Å². The molecule has 0 aliphatic carbocycles. The molecule has 28 heavy (non-hydrogen) atoms. The molecular weight excluding hydrogens is 350 g/mol. The summed E-state index contributed by atoms with van der Waals surface area (Å²) in [5.74, 6) is 1.41. The van der Waals surface area contributed by atoms with E-state index in [0.29, 0.717) is 24.5 Å². The molecule has 0 saturated heterocycles. The third-order valence-electron chi connectivity index (χ3n) is 4.60. The van der Waals surface area contributed by atoms with E-state index in [0.717, 1.165) is 17.7 Å². The highest BCUT2D eigenvalue weighted by Gasteiger charge is 2.07. The summed E-state index contributed by atoms with van der Waals surface area (Å²) < 4.78 is 5.15. The van der Waals surface area contributed by atoms with Crippen LogP contribution in [-0.4, -0.2) is 24.5 Å². The van der Waals surface area contributed by atoms with Crippen LogP contribution in [0, 0.1) is 6.92 Å². The van der Waals surface area contributed by atoms with Crippen molar-refractivity contribution >= 4 is 11.7 Å². The Hall–Kier alpha value is -3.34. The SMILES string of the molecule is COc1ccc(CCNC(=O)c2ccnc(NCc3ccccc3C)c2)cc1. The number of pyridine rings is 1. The van der Waals surface area contributed by atoms with Gasteiger partial charge in [0.05, 0.1) is 7.11 Å². The van der Waals surface area contributed by atoms with Crippen LogP contribution in [0.5, 0.6) is 5.75 Å². The molecule has 2 N–H and O–H groups in total. The van der Waals surface area contributed by atoms with Crippen LogP contribution in [0.4, 0.5) is 5.82 Å². The van der Waals surface area contributed by atoms with Crippen LogP contribution in [-0.2, 0) is 13.0 Å². The summed E-state index contributed by atoms with van der Waals surface area (Å²) in [5, 5.41) is 6.25. The minimum absolute atomic E-state index is 0.102. The smallest absolute Gasteiger partial charge is 0.251 e. The van der Waals surface area contributed by atoms with E-state index in [-0.39, 0.29) is 5.91 Å². The number of aromatic nitrogens is 1. The summed E-state index contributed by atoms with van der Waals surface area (Å²) in [7, 11) is 1.65. The maximum Gasteiger partial charge on any atom is 0.251 e. The lowest BCUT2D eigenvalue weighted by molar-refractivity contribution is 0.0954. The highest BCUT2D eigenvalue weighted by Crippen LogP contribution is 2.13. The maximum atomic E-state index is 12.4. The van der Waals surface area contributed by atoms with Crippen LogP contribution < -0.4 is 15.4 Å². The molecule has 0 aliphatic rings. The first kappa shape index (κ1) is 19.4. The standard InChI is InChI=1S/C23H25N3O2/c1-17-5-3-4-6-20(17)16-26-22-15-19(12-14-24-22)23(27)25-13-11-18-7-9-21(28-2)10-8-18/h3-10,12,14-15H,11,13,16H2,1-2H3,(H,24,26)(H,25,27). The maximum absolute atomic E-state index is 12.4. The quantitative estimate of drug-likeness (QED) is 0.625. The Balaban J connectivity index is 1.52. The number of aryl methyl sites for hydroxylation is 1. The van der Waals surface area contributed by atoms with Crippen molar-refractivity contribution in [2.24, 2.45) is 0 Å². The summed E-state index contributed by atoms with van der Waals surface area (Å²) in [6, 6.07) is 19.6. The number of rotatable bonds is 8. The van der Waals surface area contributed by atoms with Crippen molar-refractivity contribution in [1.82, 2.24) is 10.3 Å². The molecule has 1 amide bonds. The lowest BCUT2D eigenvalue weighted by Crippen LogP contribution is -2.25. The largest absolute Gasteiger partial charge is 0.497 e. The number of hydrogen-bond acceptors (Lipinski definition) is 4. The van der Waals surface area contributed by atoms with Crippen LogP contribution in [0.1, 0.15) is 27.0 Å². The molecule has 5 nitrogen and oxygen atoms in total. The summed E-state index contributed by atoms with van der Waals surface area (Å²) in [6.45, 7) is 3.32. The summed E-state index contributed by atoms with van der Waals surface area (Å²) in [5.41, 5.74) is 4.18. The number of amides is 1. The number of methoxy groups -OCH3 is 1. The predicted molar refractivity (Wildman–Crippen MR) is 112 cm³/mol. The van der Waals surface area contributed by atoms with Gasteiger partial charge < -0.3 is 15.4 Å². The van der Waals surface area contributed by atoms with Crippen LogP contribution in [0.15, 0.2) is 66.9 Å². The van der Waals surface area contributed by atoms with Gasteiger partial charge in [-0.25, -0.2) is 4.98 Å². The average Bonchev–Trinajstić information content (AvgIpc) is 2.74. The van der Waals surface area contributed by atoms with E-state index in [1.807, 2.05) is 36.4 Å². The minimum atomic E-state index is -0.102. The normalized spacial score (nSPS) is 10.4. The fourth-order valence-corrected chi connectivity index (χ4v) is 2.88. The van der Waals surface area contributed by atoms with Crippen molar-refractivity contribution < 1.29 is 9.53 Å². The second-order valence-electron chi connectivity index (χ2n) is 6.56. The zero-order valence-electron chi connectivity index (χ0n) is 16.2. The Kier molecular flexibility index (Phi) is 6.63. The van der Waals surface area contributed by atoms with Gasteiger partial charge in [0.1, 0.15) is 11.6 Å². The Morgan fingerprint density at radius 3 is 2.61 bits per heavy atom. The summed E-state index contributed by atoms with van der Waals surface area (Å²) in [6.07, 6.45) is 2.41. The van der Waals surface area contributed by atoms with Gasteiger partial charge in [0, 0.05) is 24.8 Å². The van der Waals surface area contributed by atoms with E-state index < -0.39 is 0 Å². The van der Waals surface area contributed by atoms with Crippen LogP contribution >= 0.6 is 0 Å². The Morgan fingerprint density at radius 1 is 1.07 bits per heavy atom. The molecule has 1 heterocycles. The molecule has 3 aromatic rings. The van der Waals surface area contributed by atoms with Gasteiger partial charge in [0.2, 0.25) is 0 Å². The number of carbonyl (C=O) groups excluding carboxylic acids is 1. The van der Waals surface area contributed by atoms with Crippen LogP contribution in [0.25, 0.3) is 0 Å². The van der Waals surface area contributed by atoms with Crippen molar-refractivity contribution in [3.8, 4) is 5.75 Å². The summed E-state index contributed by atoms with van der Waals surface area (Å²) in [4.78, 5) is 16.7. The number of benzene rings is 2. The first-order valence-electron chi connectivity index (χ1n) is 9.31. The Labute approximate surface area is 165 Å². The lowest BCUT2D eigenvalue weighted by atomic mass is 10.1. The third kappa shape index (κ3) is 5.33. The van der Waals surface area contributed by atoms with E-state index in [4.69, 9.17) is 4.74 Å². The van der Waals surface area contributed by atoms with E-state index in [2.05, 4.69) is 34.7 Å². The zero-order valence-corrected chi connectivity index (χ0v) is 16.2. The zero-order chi connectivity index (χ0) is 19.8. The van der Waals surface area contributed by atoms with Gasteiger partial charge in [-0.3, -0.25) is 4.79 Å². The van der Waals surface area contributed by atoms with Crippen molar-refractivity contribution in [3.05, 3.63) is 89.1 Å². The monoisotopic (exact) mass is 375 g/mol. The number of nitrogens with zero attached hydrogens (tertiary/aromatic N) is 1. The molecule has 0 bridgehead atoms. The van der Waals surface area contributed by atoms with Crippen LogP contribution in [0.2, 0.25) is 0 Å². The second kappa shape index (κ2) is 9.55. The number of hydrogen-bond donors (Lipinski definition) is 2. The van der Waals surface area contributed by atoms with E-state index in [1.54, 1.807) is 25.4 Å². The molecular formula is C23H25N3O2. The van der Waals surface area contributed by atoms with Crippen molar-refractivity contribution in [2.45, 2.75) is 19.9 Å². The van der Waals surface area contributed by atoms with Gasteiger partial charge in [0.15, 0.2) is 0 Å². The fourth-order valence-electron chi connectivity index (χ4n) is 2.88. The molecule has 0 saturated carbocycles. The molecule has 5 heteroatoms. The molecule has 0 atom stereocenters. The number of carbonyl (C=O) groups is 1. The lowest BCUT2D eigenvalue weighted by Gasteiger charge is -2.10. The van der Waals surface area contributed by atoms with Crippen LogP contribution in [0.3, 0.4) is 0 Å². The number of anilines is 1. The summed E-state index contributed by atoms with van der Waals surface area (Å²) >= 11 is 0. The molecule has 0 fully saturated rings. The molecule has 2 aromatic carbocycles. The first-order valence-corrected chi connectivity index (χ1v) is 9.31. The van der Waals surface area contributed by atoms with Gasteiger partial charge in [-0.2, -0.15) is 0 Å². The van der Waals surface area contributed by atoms with Crippen molar-refractivity contribution in [3.63, 3.8) is 0 Å². The molecule has 3 rings (SSSR count).